The second-order valence-corrected chi connectivity index (χ2v) is 5.81. The minimum atomic E-state index is -0.312. The van der Waals surface area contributed by atoms with Crippen molar-refractivity contribution >= 4 is 11.7 Å². The predicted octanol–water partition coefficient (Wildman–Crippen LogP) is 3.77. The molecule has 27 heavy (non-hydrogen) atoms. The van der Waals surface area contributed by atoms with E-state index >= 15 is 0 Å². The van der Waals surface area contributed by atoms with Gasteiger partial charge in [-0.25, -0.2) is 4.79 Å². The van der Waals surface area contributed by atoms with Crippen LogP contribution in [-0.2, 0) is 0 Å². The van der Waals surface area contributed by atoms with E-state index in [-0.39, 0.29) is 19.2 Å². The van der Waals surface area contributed by atoms with Crippen molar-refractivity contribution in [3.63, 3.8) is 0 Å². The Morgan fingerprint density at radius 2 is 1.85 bits per heavy atom. The smallest absolute Gasteiger partial charge is 0.319 e. The SMILES string of the molecule is CCCCOc1ccc(NC(=O)NCC#CCOc2ccc(C)nc2)cc1. The van der Waals surface area contributed by atoms with E-state index in [0.29, 0.717) is 18.0 Å². The van der Waals surface area contributed by atoms with Crippen molar-refractivity contribution in [1.29, 1.82) is 0 Å². The summed E-state index contributed by atoms with van der Waals surface area (Å²) in [5.74, 6) is 7.14. The molecule has 2 N–H and O–H groups in total. The number of aryl methyl sites for hydroxylation is 1. The first kappa shape index (κ1) is 20.1. The molecule has 0 saturated carbocycles. The Hall–Kier alpha value is -3.20. The quantitative estimate of drug-likeness (QED) is 0.550. The molecule has 0 aliphatic carbocycles. The Morgan fingerprint density at radius 1 is 1.07 bits per heavy atom. The van der Waals surface area contributed by atoms with Crippen LogP contribution in [0.15, 0.2) is 42.6 Å². The minimum absolute atomic E-state index is 0.236. The van der Waals surface area contributed by atoms with Gasteiger partial charge in [0, 0.05) is 11.4 Å². The summed E-state index contributed by atoms with van der Waals surface area (Å²) in [5.41, 5.74) is 1.63. The lowest BCUT2D eigenvalue weighted by molar-refractivity contribution is 0.253. The molecule has 1 aromatic heterocycles. The van der Waals surface area contributed by atoms with Gasteiger partial charge in [-0.15, -0.1) is 0 Å². The Bertz CT molecular complexity index is 762. The Balaban J connectivity index is 1.64. The number of nitrogens with one attached hydrogen (secondary N) is 2. The number of amides is 2. The molecule has 0 bridgehead atoms. The Morgan fingerprint density at radius 3 is 2.56 bits per heavy atom. The molecule has 2 aromatic rings. The van der Waals surface area contributed by atoms with Crippen molar-refractivity contribution < 1.29 is 14.3 Å². The van der Waals surface area contributed by atoms with Gasteiger partial charge < -0.3 is 20.1 Å². The van der Waals surface area contributed by atoms with E-state index in [9.17, 15) is 4.79 Å². The van der Waals surface area contributed by atoms with Gasteiger partial charge in [-0.3, -0.25) is 4.98 Å². The molecule has 0 saturated heterocycles. The maximum Gasteiger partial charge on any atom is 0.319 e. The molecule has 2 amide bonds. The third-order valence-electron chi connectivity index (χ3n) is 3.54. The minimum Gasteiger partial charge on any atom is -0.494 e. The second kappa shape index (κ2) is 11.4. The number of pyridine rings is 1. The van der Waals surface area contributed by atoms with Crippen molar-refractivity contribution in [2.45, 2.75) is 26.7 Å². The highest BCUT2D eigenvalue weighted by atomic mass is 16.5. The number of benzene rings is 1. The van der Waals surface area contributed by atoms with Gasteiger partial charge in [0.1, 0.15) is 18.1 Å². The molecule has 0 radical (unpaired) electrons. The van der Waals surface area contributed by atoms with Gasteiger partial charge >= 0.3 is 6.03 Å². The molecule has 6 heteroatoms. The Labute approximate surface area is 160 Å². The van der Waals surface area contributed by atoms with E-state index in [2.05, 4.69) is 34.4 Å². The van der Waals surface area contributed by atoms with E-state index in [0.717, 1.165) is 24.3 Å². The Kier molecular flexibility index (Phi) is 8.51. The number of urea groups is 1. The zero-order valence-corrected chi connectivity index (χ0v) is 15.7. The maximum atomic E-state index is 11.8. The van der Waals surface area contributed by atoms with Crippen LogP contribution in [0.5, 0.6) is 11.5 Å². The summed E-state index contributed by atoms with van der Waals surface area (Å²) in [5, 5.41) is 5.42. The summed E-state index contributed by atoms with van der Waals surface area (Å²) in [6.07, 6.45) is 3.78. The van der Waals surface area contributed by atoms with Gasteiger partial charge in [-0.2, -0.15) is 0 Å². The maximum absolute atomic E-state index is 11.8. The molecule has 0 unspecified atom stereocenters. The van der Waals surface area contributed by atoms with Gasteiger partial charge in [0.05, 0.1) is 19.3 Å². The van der Waals surface area contributed by atoms with Crippen LogP contribution in [0.25, 0.3) is 0 Å². The molecular formula is C21H25N3O3. The first-order chi connectivity index (χ1) is 13.2. The summed E-state index contributed by atoms with van der Waals surface area (Å²) >= 11 is 0. The second-order valence-electron chi connectivity index (χ2n) is 5.81. The van der Waals surface area contributed by atoms with Crippen LogP contribution in [0.2, 0.25) is 0 Å². The van der Waals surface area contributed by atoms with Crippen LogP contribution in [0.1, 0.15) is 25.5 Å². The number of hydrogen-bond donors (Lipinski definition) is 2. The van der Waals surface area contributed by atoms with Gasteiger partial charge in [0.25, 0.3) is 0 Å². The molecular weight excluding hydrogens is 342 g/mol. The fourth-order valence-corrected chi connectivity index (χ4v) is 2.04. The van der Waals surface area contributed by atoms with E-state index in [1.54, 1.807) is 18.3 Å². The van der Waals surface area contributed by atoms with Crippen LogP contribution in [0, 0.1) is 18.8 Å². The number of aromatic nitrogens is 1. The fourth-order valence-electron chi connectivity index (χ4n) is 2.04. The largest absolute Gasteiger partial charge is 0.494 e. The molecule has 0 aliphatic rings. The summed E-state index contributed by atoms with van der Waals surface area (Å²) in [7, 11) is 0. The molecule has 142 valence electrons. The highest BCUT2D eigenvalue weighted by Gasteiger charge is 2.00. The van der Waals surface area contributed by atoms with Gasteiger partial charge in [-0.05, 0) is 49.7 Å². The third-order valence-corrected chi connectivity index (χ3v) is 3.54. The number of unbranched alkanes of at least 4 members (excludes halogenated alkanes) is 1. The number of rotatable bonds is 8. The molecule has 0 fully saturated rings. The molecule has 1 aromatic carbocycles. The van der Waals surface area contributed by atoms with Crippen LogP contribution >= 0.6 is 0 Å². The van der Waals surface area contributed by atoms with Crippen LogP contribution in [-0.4, -0.2) is 30.8 Å². The first-order valence-corrected chi connectivity index (χ1v) is 8.96. The average Bonchev–Trinajstić information content (AvgIpc) is 2.67. The normalized spacial score (nSPS) is 9.70. The average molecular weight is 367 g/mol. The number of nitrogens with zero attached hydrogens (tertiary/aromatic N) is 1. The summed E-state index contributed by atoms with van der Waals surface area (Å²) < 4.78 is 11.0. The number of carbonyl (C=O) groups is 1. The van der Waals surface area contributed by atoms with E-state index < -0.39 is 0 Å². The lowest BCUT2D eigenvalue weighted by atomic mass is 10.3. The number of hydrogen-bond acceptors (Lipinski definition) is 4. The topological polar surface area (TPSA) is 72.5 Å². The molecule has 0 spiro atoms. The van der Waals surface area contributed by atoms with Crippen molar-refractivity contribution in [3.8, 4) is 23.3 Å². The summed E-state index contributed by atoms with van der Waals surface area (Å²) in [6.45, 7) is 5.21. The lowest BCUT2D eigenvalue weighted by Gasteiger charge is -2.08. The van der Waals surface area contributed by atoms with Gasteiger partial charge in [-0.1, -0.05) is 25.2 Å². The third kappa shape index (κ3) is 8.15. The fraction of sp³-hybridized carbons (Fsp3) is 0.333. The van der Waals surface area contributed by atoms with E-state index in [1.807, 2.05) is 31.2 Å². The van der Waals surface area contributed by atoms with Crippen LogP contribution in [0.3, 0.4) is 0 Å². The van der Waals surface area contributed by atoms with Gasteiger partial charge in [0.15, 0.2) is 0 Å². The molecule has 6 nitrogen and oxygen atoms in total. The van der Waals surface area contributed by atoms with Crippen molar-refractivity contribution in [2.24, 2.45) is 0 Å². The van der Waals surface area contributed by atoms with E-state index in [4.69, 9.17) is 9.47 Å². The number of carbonyl (C=O) groups excluding carboxylic acids is 1. The monoisotopic (exact) mass is 367 g/mol. The molecule has 2 rings (SSSR count). The highest BCUT2D eigenvalue weighted by Crippen LogP contribution is 2.15. The van der Waals surface area contributed by atoms with Crippen molar-refractivity contribution in [3.05, 3.63) is 48.3 Å². The lowest BCUT2D eigenvalue weighted by Crippen LogP contribution is -2.28. The zero-order chi connectivity index (χ0) is 19.3. The van der Waals surface area contributed by atoms with Crippen molar-refractivity contribution in [2.75, 3.05) is 25.1 Å². The zero-order valence-electron chi connectivity index (χ0n) is 15.7. The number of ether oxygens (including phenoxy) is 2. The summed E-state index contributed by atoms with van der Waals surface area (Å²) in [4.78, 5) is 16.0. The number of anilines is 1. The predicted molar refractivity (Wildman–Crippen MR) is 106 cm³/mol. The van der Waals surface area contributed by atoms with Gasteiger partial charge in [0.2, 0.25) is 0 Å². The van der Waals surface area contributed by atoms with E-state index in [1.165, 1.54) is 0 Å². The molecule has 0 aliphatic heterocycles. The summed E-state index contributed by atoms with van der Waals surface area (Å²) in [6, 6.07) is 10.7. The van der Waals surface area contributed by atoms with Crippen LogP contribution < -0.4 is 20.1 Å². The molecule has 1 heterocycles. The van der Waals surface area contributed by atoms with Crippen molar-refractivity contribution in [1.82, 2.24) is 10.3 Å². The highest BCUT2D eigenvalue weighted by molar-refractivity contribution is 5.89. The standard InChI is InChI=1S/C21H25N3O3/c1-3-4-14-26-19-11-8-18(9-12-19)24-21(25)22-13-5-6-15-27-20-10-7-17(2)23-16-20/h7-12,16H,3-4,13-15H2,1-2H3,(H2,22,24,25). The van der Waals surface area contributed by atoms with Crippen LogP contribution in [0.4, 0.5) is 10.5 Å². The first-order valence-electron chi connectivity index (χ1n) is 8.96. The molecule has 0 atom stereocenters.